The van der Waals surface area contributed by atoms with Gasteiger partial charge in [-0.15, -0.1) is 11.3 Å². The molecule has 23 heavy (non-hydrogen) atoms. The molecule has 0 unspecified atom stereocenters. The highest BCUT2D eigenvalue weighted by molar-refractivity contribution is 9.11. The van der Waals surface area contributed by atoms with Crippen molar-refractivity contribution in [3.63, 3.8) is 0 Å². The Hall–Kier alpha value is -1.89. The van der Waals surface area contributed by atoms with E-state index in [1.807, 2.05) is 6.07 Å². The predicted molar refractivity (Wildman–Crippen MR) is 96.8 cm³/mol. The number of phenolic OH excluding ortho intramolecular Hbond substituents is 1. The third-order valence-electron chi connectivity index (χ3n) is 2.91. The van der Waals surface area contributed by atoms with Gasteiger partial charge in [-0.1, -0.05) is 0 Å². The van der Waals surface area contributed by atoms with Gasteiger partial charge in [-0.3, -0.25) is 4.79 Å². The van der Waals surface area contributed by atoms with Gasteiger partial charge < -0.3 is 10.8 Å². The van der Waals surface area contributed by atoms with Crippen LogP contribution in [-0.2, 0) is 0 Å². The summed E-state index contributed by atoms with van der Waals surface area (Å²) in [5.74, 6) is -0.353. The lowest BCUT2D eigenvalue weighted by Gasteiger charge is -2.02. The highest BCUT2D eigenvalue weighted by Crippen LogP contribution is 2.33. The minimum absolute atomic E-state index is 0.0832. The first kappa shape index (κ1) is 17.5. The number of nitrogens with zero attached hydrogens (tertiary/aromatic N) is 2. The van der Waals surface area contributed by atoms with Crippen molar-refractivity contribution in [1.29, 1.82) is 5.26 Å². The molecule has 1 heterocycles. The molecule has 0 atom stereocenters. The second-order valence-electron chi connectivity index (χ2n) is 4.44. The maximum atomic E-state index is 12.1. The summed E-state index contributed by atoms with van der Waals surface area (Å²) in [6.45, 7) is 1.66. The lowest BCUT2D eigenvalue weighted by Crippen LogP contribution is -2.17. The van der Waals surface area contributed by atoms with Crippen LogP contribution in [0.1, 0.15) is 26.4 Å². The lowest BCUT2D eigenvalue weighted by atomic mass is 10.2. The van der Waals surface area contributed by atoms with Gasteiger partial charge in [0.1, 0.15) is 21.7 Å². The number of hydrogen-bond donors (Lipinski definition) is 3. The van der Waals surface area contributed by atoms with Crippen molar-refractivity contribution in [3.05, 3.63) is 42.6 Å². The normalized spacial score (nSPS) is 10.7. The first-order valence-electron chi connectivity index (χ1n) is 6.15. The number of nitrogens with one attached hydrogen (secondary N) is 1. The van der Waals surface area contributed by atoms with Crippen molar-refractivity contribution < 1.29 is 9.90 Å². The van der Waals surface area contributed by atoms with E-state index < -0.39 is 5.91 Å². The molecular weight excluding hydrogens is 448 g/mol. The Kier molecular flexibility index (Phi) is 5.41. The second kappa shape index (κ2) is 7.12. The number of carbonyl (C=O) groups excluding carboxylic acids is 1. The maximum absolute atomic E-state index is 12.1. The number of carbonyl (C=O) groups is 1. The molecule has 0 aliphatic carbocycles. The van der Waals surface area contributed by atoms with Crippen molar-refractivity contribution in [1.82, 2.24) is 5.43 Å². The number of hydrogen-bond acceptors (Lipinski definition) is 6. The van der Waals surface area contributed by atoms with Crippen LogP contribution in [0.4, 0.5) is 5.00 Å². The van der Waals surface area contributed by atoms with Crippen molar-refractivity contribution >= 4 is 60.3 Å². The number of halogens is 2. The molecule has 0 saturated heterocycles. The minimum atomic E-state index is -0.436. The summed E-state index contributed by atoms with van der Waals surface area (Å²) in [4.78, 5) is 12.4. The summed E-state index contributed by atoms with van der Waals surface area (Å²) in [6, 6.07) is 5.27. The quantitative estimate of drug-likeness (QED) is 0.483. The van der Waals surface area contributed by atoms with Crippen LogP contribution in [-0.4, -0.2) is 17.2 Å². The zero-order valence-corrected chi connectivity index (χ0v) is 15.7. The van der Waals surface area contributed by atoms with Crippen LogP contribution in [0, 0.1) is 18.3 Å². The average Bonchev–Trinajstić information content (AvgIpc) is 2.79. The highest BCUT2D eigenvalue weighted by Gasteiger charge is 2.18. The van der Waals surface area contributed by atoms with Crippen LogP contribution in [0.5, 0.6) is 5.75 Å². The molecule has 0 aliphatic heterocycles. The third kappa shape index (κ3) is 3.72. The molecule has 1 aromatic carbocycles. The monoisotopic (exact) mass is 456 g/mol. The molecule has 1 amide bonds. The van der Waals surface area contributed by atoms with Gasteiger partial charge >= 0.3 is 0 Å². The molecule has 9 heteroatoms. The lowest BCUT2D eigenvalue weighted by molar-refractivity contribution is 0.0958. The van der Waals surface area contributed by atoms with Crippen molar-refractivity contribution in [3.8, 4) is 11.8 Å². The fourth-order valence-electron chi connectivity index (χ4n) is 1.77. The summed E-state index contributed by atoms with van der Waals surface area (Å²) in [5, 5.41) is 22.8. The summed E-state index contributed by atoms with van der Waals surface area (Å²) >= 11 is 7.47. The van der Waals surface area contributed by atoms with Gasteiger partial charge in [-0.05, 0) is 62.0 Å². The number of anilines is 1. The van der Waals surface area contributed by atoms with Crippen LogP contribution in [0.3, 0.4) is 0 Å². The molecule has 118 valence electrons. The van der Waals surface area contributed by atoms with Gasteiger partial charge in [0.05, 0.1) is 20.7 Å². The molecule has 0 aliphatic rings. The van der Waals surface area contributed by atoms with Crippen LogP contribution in [0.2, 0.25) is 0 Å². The molecule has 6 nitrogen and oxygen atoms in total. The number of rotatable bonds is 3. The maximum Gasteiger partial charge on any atom is 0.281 e. The number of benzene rings is 1. The number of nitrogens with two attached hydrogens (primary N) is 1. The van der Waals surface area contributed by atoms with E-state index in [-0.39, 0.29) is 5.75 Å². The molecule has 4 N–H and O–H groups in total. The zero-order chi connectivity index (χ0) is 17.1. The molecule has 2 aromatic rings. The van der Waals surface area contributed by atoms with Crippen molar-refractivity contribution in [2.75, 3.05) is 5.73 Å². The molecule has 2 rings (SSSR count). The average molecular weight is 458 g/mol. The smallest absolute Gasteiger partial charge is 0.281 e. The number of nitriles is 1. The van der Waals surface area contributed by atoms with Crippen LogP contribution in [0.25, 0.3) is 0 Å². The summed E-state index contributed by atoms with van der Waals surface area (Å²) in [6.07, 6.45) is 1.43. The highest BCUT2D eigenvalue weighted by atomic mass is 79.9. The summed E-state index contributed by atoms with van der Waals surface area (Å²) in [7, 11) is 0. The molecular formula is C14H10Br2N4O2S. The number of hydrazone groups is 1. The van der Waals surface area contributed by atoms with E-state index in [0.29, 0.717) is 35.5 Å². The van der Waals surface area contributed by atoms with Crippen molar-refractivity contribution in [2.45, 2.75) is 6.92 Å². The van der Waals surface area contributed by atoms with Gasteiger partial charge in [-0.25, -0.2) is 5.43 Å². The number of thiophene rings is 1. The Balaban J connectivity index is 2.15. The van der Waals surface area contributed by atoms with Crippen LogP contribution in [0.15, 0.2) is 26.2 Å². The van der Waals surface area contributed by atoms with Gasteiger partial charge in [0.25, 0.3) is 5.91 Å². The van der Waals surface area contributed by atoms with E-state index in [0.717, 1.165) is 11.3 Å². The van der Waals surface area contributed by atoms with E-state index in [1.165, 1.54) is 6.21 Å². The Labute approximate surface area is 152 Å². The van der Waals surface area contributed by atoms with Crippen LogP contribution < -0.4 is 11.2 Å². The van der Waals surface area contributed by atoms with Crippen LogP contribution >= 0.6 is 43.2 Å². The van der Waals surface area contributed by atoms with E-state index in [1.54, 1.807) is 19.1 Å². The third-order valence-corrected chi connectivity index (χ3v) is 5.24. The molecule has 1 aromatic heterocycles. The standard InChI is InChI=1S/C14H10Br2N4O2S/c1-6-8(4-17)13(18)23-12(6)14(22)20-19-5-7-2-9(15)11(21)10(16)3-7/h2-3,5,21H,18H2,1H3,(H,20,22). The summed E-state index contributed by atoms with van der Waals surface area (Å²) in [5.41, 5.74) is 9.61. The number of nitrogen functional groups attached to an aromatic ring is 1. The first-order valence-corrected chi connectivity index (χ1v) is 8.55. The molecule has 0 radical (unpaired) electrons. The molecule has 0 saturated carbocycles. The van der Waals surface area contributed by atoms with E-state index in [4.69, 9.17) is 11.0 Å². The van der Waals surface area contributed by atoms with E-state index >= 15 is 0 Å². The topological polar surface area (TPSA) is 112 Å². The van der Waals surface area contributed by atoms with Crippen molar-refractivity contribution in [2.24, 2.45) is 5.10 Å². The zero-order valence-electron chi connectivity index (χ0n) is 11.7. The second-order valence-corrected chi connectivity index (χ2v) is 7.20. The molecule has 0 spiro atoms. The fourth-order valence-corrected chi connectivity index (χ4v) is 3.90. The Morgan fingerprint density at radius 1 is 1.48 bits per heavy atom. The fraction of sp³-hybridized carbons (Fsp3) is 0.0714. The number of amides is 1. The Morgan fingerprint density at radius 3 is 2.61 bits per heavy atom. The van der Waals surface area contributed by atoms with Gasteiger partial charge in [0.15, 0.2) is 0 Å². The summed E-state index contributed by atoms with van der Waals surface area (Å²) < 4.78 is 1.00. The number of phenols is 1. The first-order chi connectivity index (χ1) is 10.8. The largest absolute Gasteiger partial charge is 0.506 e. The van der Waals surface area contributed by atoms with Gasteiger partial charge in [0, 0.05) is 0 Å². The van der Waals surface area contributed by atoms with Gasteiger partial charge in [0.2, 0.25) is 0 Å². The molecule has 0 bridgehead atoms. The Morgan fingerprint density at radius 2 is 2.09 bits per heavy atom. The van der Waals surface area contributed by atoms with Gasteiger partial charge in [-0.2, -0.15) is 10.4 Å². The van der Waals surface area contributed by atoms with E-state index in [2.05, 4.69) is 42.4 Å². The Bertz CT molecular complexity index is 832. The SMILES string of the molecule is Cc1c(C(=O)NN=Cc2cc(Br)c(O)c(Br)c2)sc(N)c1C#N. The predicted octanol–water partition coefficient (Wildman–Crippen LogP) is 3.50. The minimum Gasteiger partial charge on any atom is -0.506 e. The molecule has 0 fully saturated rings. The van der Waals surface area contributed by atoms with E-state index in [9.17, 15) is 9.90 Å². The number of aromatic hydroxyl groups is 1.